The van der Waals surface area contributed by atoms with Crippen molar-refractivity contribution < 1.29 is 0 Å². The molecule has 0 saturated carbocycles. The second kappa shape index (κ2) is 9.39. The van der Waals surface area contributed by atoms with Gasteiger partial charge >= 0.3 is 0 Å². The van der Waals surface area contributed by atoms with Crippen LogP contribution < -0.4 is 0 Å². The maximum Gasteiger partial charge on any atom is 0.0796 e. The molecular weight excluding hydrogens is 226 g/mol. The summed E-state index contributed by atoms with van der Waals surface area (Å²) >= 11 is 0. The molecule has 0 amide bonds. The first-order chi connectivity index (χ1) is 8.61. The molecule has 102 valence electrons. The van der Waals surface area contributed by atoms with Crippen LogP contribution in [0.25, 0.3) is 0 Å². The molecule has 2 aromatic rings. The number of aromatic nitrogens is 5. The largest absolute Gasteiger partial charge is 0.273 e. The maximum atomic E-state index is 4.12. The quantitative estimate of drug-likeness (QED) is 0.824. The lowest BCUT2D eigenvalue weighted by molar-refractivity contribution is 0.602. The van der Waals surface area contributed by atoms with Gasteiger partial charge in [0.1, 0.15) is 0 Å². The fourth-order valence-electron chi connectivity index (χ4n) is 1.27. The Bertz CT molecular complexity index is 400. The Hall–Kier alpha value is -1.65. The van der Waals surface area contributed by atoms with E-state index in [2.05, 4.69) is 35.3 Å². The van der Waals surface area contributed by atoms with Crippen LogP contribution in [0.3, 0.4) is 0 Å². The van der Waals surface area contributed by atoms with E-state index in [0.717, 1.165) is 18.7 Å². The predicted octanol–water partition coefficient (Wildman–Crippen LogP) is 2.75. The highest BCUT2D eigenvalue weighted by molar-refractivity contribution is 4.99. The first-order valence-corrected chi connectivity index (χ1v) is 6.43. The summed E-state index contributed by atoms with van der Waals surface area (Å²) in [6.45, 7) is 11.1. The van der Waals surface area contributed by atoms with Crippen LogP contribution in [0.15, 0.2) is 18.6 Å². The highest BCUT2D eigenvalue weighted by Crippen LogP contribution is 1.94. The molecule has 5 nitrogen and oxygen atoms in total. The van der Waals surface area contributed by atoms with E-state index in [1.54, 1.807) is 13.2 Å². The van der Waals surface area contributed by atoms with Crippen LogP contribution in [0.4, 0.5) is 0 Å². The molecule has 0 radical (unpaired) electrons. The highest BCUT2D eigenvalue weighted by Gasteiger charge is 1.88. The van der Waals surface area contributed by atoms with Crippen LogP contribution in [-0.4, -0.2) is 24.8 Å². The average molecular weight is 251 g/mol. The molecule has 0 spiro atoms. The number of aryl methyl sites for hydroxylation is 4. The summed E-state index contributed by atoms with van der Waals surface area (Å²) in [6.07, 6.45) is 6.82. The summed E-state index contributed by atoms with van der Waals surface area (Å²) in [7, 11) is 1.80. The molecular formula is C13H25N5. The molecule has 0 aliphatic heterocycles. The lowest BCUT2D eigenvalue weighted by Crippen LogP contribution is -1.95. The second-order valence-corrected chi connectivity index (χ2v) is 3.76. The number of hydrogen-bond donors (Lipinski definition) is 0. The molecule has 0 unspecified atom stereocenters. The van der Waals surface area contributed by atoms with Gasteiger partial charge in [-0.05, 0) is 25.8 Å². The van der Waals surface area contributed by atoms with Crippen molar-refractivity contribution in [3.05, 3.63) is 29.8 Å². The normalized spacial score (nSPS) is 9.00. The molecule has 0 aromatic carbocycles. The van der Waals surface area contributed by atoms with Crippen molar-refractivity contribution >= 4 is 0 Å². The predicted molar refractivity (Wildman–Crippen MR) is 74.3 cm³/mol. The summed E-state index contributed by atoms with van der Waals surface area (Å²) in [4.78, 5) is 1.54. The first kappa shape index (κ1) is 16.4. The van der Waals surface area contributed by atoms with Crippen LogP contribution in [-0.2, 0) is 13.6 Å². The molecule has 2 heterocycles. The number of rotatable bonds is 2. The smallest absolute Gasteiger partial charge is 0.0796 e. The van der Waals surface area contributed by atoms with E-state index < -0.39 is 0 Å². The van der Waals surface area contributed by atoms with E-state index in [1.807, 2.05) is 31.6 Å². The van der Waals surface area contributed by atoms with Crippen LogP contribution in [0.5, 0.6) is 0 Å². The van der Waals surface area contributed by atoms with Gasteiger partial charge in [-0.1, -0.05) is 20.8 Å². The first-order valence-electron chi connectivity index (χ1n) is 6.43. The standard InChI is InChI=1S/C7H12N2.C4H7N3.C2H6/c1-3-4-9-6-7(2)5-8-9;1-4-3-5-7(2)6-4;1-2/h5-6H,3-4H2,1-2H3;3H,1-2H3;1-2H3. The molecule has 0 N–H and O–H groups in total. The fraction of sp³-hybridized carbons (Fsp3) is 0.615. The zero-order valence-electron chi connectivity index (χ0n) is 12.4. The van der Waals surface area contributed by atoms with Crippen molar-refractivity contribution in [3.63, 3.8) is 0 Å². The lowest BCUT2D eigenvalue weighted by atomic mass is 10.4. The van der Waals surface area contributed by atoms with Crippen LogP contribution in [0.2, 0.25) is 0 Å². The molecule has 0 atom stereocenters. The van der Waals surface area contributed by atoms with Gasteiger partial charge in [0.15, 0.2) is 0 Å². The molecule has 0 fully saturated rings. The Morgan fingerprint density at radius 1 is 1.11 bits per heavy atom. The van der Waals surface area contributed by atoms with Gasteiger partial charge in [0.25, 0.3) is 0 Å². The van der Waals surface area contributed by atoms with E-state index in [4.69, 9.17) is 0 Å². The topological polar surface area (TPSA) is 48.5 Å². The summed E-state index contributed by atoms with van der Waals surface area (Å²) < 4.78 is 1.97. The third kappa shape index (κ3) is 6.83. The zero-order valence-corrected chi connectivity index (χ0v) is 12.4. The Morgan fingerprint density at radius 2 is 1.78 bits per heavy atom. The molecule has 0 saturated heterocycles. The van der Waals surface area contributed by atoms with Gasteiger partial charge < -0.3 is 0 Å². The fourth-order valence-corrected chi connectivity index (χ4v) is 1.27. The highest BCUT2D eigenvalue weighted by atomic mass is 15.4. The molecule has 2 rings (SSSR count). The third-order valence-electron chi connectivity index (χ3n) is 1.93. The van der Waals surface area contributed by atoms with Crippen molar-refractivity contribution in [3.8, 4) is 0 Å². The minimum absolute atomic E-state index is 0.961. The Morgan fingerprint density at radius 3 is 2.06 bits per heavy atom. The van der Waals surface area contributed by atoms with Gasteiger partial charge in [-0.25, -0.2) is 0 Å². The number of nitrogens with zero attached hydrogens (tertiary/aromatic N) is 5. The third-order valence-corrected chi connectivity index (χ3v) is 1.93. The summed E-state index contributed by atoms with van der Waals surface area (Å²) in [5.74, 6) is 0. The lowest BCUT2D eigenvalue weighted by Gasteiger charge is -1.93. The number of hydrogen-bond acceptors (Lipinski definition) is 3. The van der Waals surface area contributed by atoms with Crippen molar-refractivity contribution in [1.82, 2.24) is 24.8 Å². The van der Waals surface area contributed by atoms with Crippen molar-refractivity contribution in [2.75, 3.05) is 0 Å². The Labute approximate surface area is 110 Å². The van der Waals surface area contributed by atoms with Crippen molar-refractivity contribution in [2.45, 2.75) is 47.6 Å². The summed E-state index contributed by atoms with van der Waals surface area (Å²) in [5, 5.41) is 11.9. The molecule has 0 aliphatic rings. The Balaban J connectivity index is 0.000000289. The van der Waals surface area contributed by atoms with Crippen LogP contribution in [0.1, 0.15) is 38.4 Å². The SMILES string of the molecule is CC.CCCn1cc(C)cn1.Cc1cnn(C)n1. The molecule has 0 bridgehead atoms. The monoisotopic (exact) mass is 251 g/mol. The molecule has 5 heteroatoms. The Kier molecular flexibility index (Phi) is 8.53. The van der Waals surface area contributed by atoms with E-state index in [9.17, 15) is 0 Å². The van der Waals surface area contributed by atoms with Gasteiger partial charge in [-0.3, -0.25) is 4.68 Å². The second-order valence-electron chi connectivity index (χ2n) is 3.76. The van der Waals surface area contributed by atoms with Crippen molar-refractivity contribution in [2.24, 2.45) is 7.05 Å². The average Bonchev–Trinajstić information content (AvgIpc) is 2.92. The van der Waals surface area contributed by atoms with Gasteiger partial charge in [-0.2, -0.15) is 20.1 Å². The minimum atomic E-state index is 0.961. The molecule has 18 heavy (non-hydrogen) atoms. The van der Waals surface area contributed by atoms with Gasteiger partial charge in [0.2, 0.25) is 0 Å². The summed E-state index contributed by atoms with van der Waals surface area (Å²) in [5.41, 5.74) is 2.20. The van der Waals surface area contributed by atoms with E-state index in [1.165, 1.54) is 10.4 Å². The summed E-state index contributed by atoms with van der Waals surface area (Å²) in [6, 6.07) is 0. The van der Waals surface area contributed by atoms with Crippen molar-refractivity contribution in [1.29, 1.82) is 0 Å². The van der Waals surface area contributed by atoms with E-state index >= 15 is 0 Å². The van der Waals surface area contributed by atoms with Crippen LogP contribution in [0, 0.1) is 13.8 Å². The maximum absolute atomic E-state index is 4.12. The van der Waals surface area contributed by atoms with Gasteiger partial charge in [-0.15, -0.1) is 0 Å². The minimum Gasteiger partial charge on any atom is -0.273 e. The molecule has 0 aliphatic carbocycles. The van der Waals surface area contributed by atoms with E-state index in [-0.39, 0.29) is 0 Å². The zero-order chi connectivity index (χ0) is 14.0. The van der Waals surface area contributed by atoms with Crippen LogP contribution >= 0.6 is 0 Å². The van der Waals surface area contributed by atoms with Gasteiger partial charge in [0.05, 0.1) is 18.1 Å². The van der Waals surface area contributed by atoms with E-state index in [0.29, 0.717) is 0 Å². The van der Waals surface area contributed by atoms with Gasteiger partial charge in [0, 0.05) is 19.8 Å². The molecule has 2 aromatic heterocycles.